The third kappa shape index (κ3) is 4.05. The highest BCUT2D eigenvalue weighted by Crippen LogP contribution is 2.33. The SMILES string of the molecule is CCC(CC)C(NC(=O)CN1C(=O)NC2(CCCCC2)C1=O)c1ccccc1. The van der Waals surface area contributed by atoms with Gasteiger partial charge in [0, 0.05) is 0 Å². The fraction of sp³-hybridized carbons (Fsp3) is 0.591. The van der Waals surface area contributed by atoms with Gasteiger partial charge in [-0.2, -0.15) is 0 Å². The van der Waals surface area contributed by atoms with Gasteiger partial charge in [0.25, 0.3) is 5.91 Å². The van der Waals surface area contributed by atoms with Crippen molar-refractivity contribution in [3.63, 3.8) is 0 Å². The van der Waals surface area contributed by atoms with Gasteiger partial charge in [-0.25, -0.2) is 4.79 Å². The molecule has 0 radical (unpaired) electrons. The summed E-state index contributed by atoms with van der Waals surface area (Å²) in [6.45, 7) is 4.00. The highest BCUT2D eigenvalue weighted by atomic mass is 16.2. The summed E-state index contributed by atoms with van der Waals surface area (Å²) in [6, 6.07) is 9.31. The van der Waals surface area contributed by atoms with E-state index < -0.39 is 11.6 Å². The standard InChI is InChI=1S/C22H31N3O3/c1-3-16(4-2)19(17-11-7-5-8-12-17)23-18(26)15-25-20(27)22(24-21(25)28)13-9-6-10-14-22/h5,7-8,11-12,16,19H,3-4,6,9-10,13-15H2,1-2H3,(H,23,26)(H,24,28). The van der Waals surface area contributed by atoms with Gasteiger partial charge in [0.15, 0.2) is 0 Å². The van der Waals surface area contributed by atoms with Crippen LogP contribution in [0.3, 0.4) is 0 Å². The van der Waals surface area contributed by atoms with Crippen LogP contribution in [0, 0.1) is 5.92 Å². The molecule has 6 heteroatoms. The van der Waals surface area contributed by atoms with Crippen molar-refractivity contribution in [1.29, 1.82) is 0 Å². The number of nitrogens with zero attached hydrogens (tertiary/aromatic N) is 1. The van der Waals surface area contributed by atoms with E-state index in [-0.39, 0.29) is 24.4 Å². The molecule has 1 unspecified atom stereocenters. The Hall–Kier alpha value is -2.37. The van der Waals surface area contributed by atoms with Crippen molar-refractivity contribution in [1.82, 2.24) is 15.5 Å². The molecule has 4 amide bonds. The molecule has 1 saturated heterocycles. The van der Waals surface area contributed by atoms with Gasteiger partial charge in [-0.3, -0.25) is 14.5 Å². The average molecular weight is 386 g/mol. The van der Waals surface area contributed by atoms with E-state index in [9.17, 15) is 14.4 Å². The molecule has 1 aromatic carbocycles. The fourth-order valence-corrected chi connectivity index (χ4v) is 4.57. The lowest BCUT2D eigenvalue weighted by Crippen LogP contribution is -2.49. The highest BCUT2D eigenvalue weighted by Gasteiger charge is 2.51. The predicted octanol–water partition coefficient (Wildman–Crippen LogP) is 3.53. The number of urea groups is 1. The van der Waals surface area contributed by atoms with Crippen LogP contribution < -0.4 is 10.6 Å². The molecule has 2 N–H and O–H groups in total. The van der Waals surface area contributed by atoms with E-state index >= 15 is 0 Å². The molecule has 1 spiro atoms. The van der Waals surface area contributed by atoms with Crippen LogP contribution in [0.15, 0.2) is 30.3 Å². The van der Waals surface area contributed by atoms with Gasteiger partial charge in [0.1, 0.15) is 12.1 Å². The molecule has 1 aliphatic heterocycles. The minimum atomic E-state index is -0.788. The third-order valence-electron chi connectivity index (χ3n) is 6.25. The second kappa shape index (κ2) is 8.76. The molecule has 1 saturated carbocycles. The van der Waals surface area contributed by atoms with Crippen molar-refractivity contribution in [2.45, 2.75) is 70.4 Å². The van der Waals surface area contributed by atoms with Gasteiger partial charge in [0.2, 0.25) is 5.91 Å². The van der Waals surface area contributed by atoms with Crippen LogP contribution in [-0.2, 0) is 9.59 Å². The summed E-state index contributed by atoms with van der Waals surface area (Å²) in [5.74, 6) is -0.248. The first-order valence-corrected chi connectivity index (χ1v) is 10.5. The number of imide groups is 1. The Balaban J connectivity index is 1.71. The molecule has 0 bridgehead atoms. The molecule has 1 heterocycles. The Morgan fingerprint density at radius 1 is 1.11 bits per heavy atom. The Bertz CT molecular complexity index is 709. The topological polar surface area (TPSA) is 78.5 Å². The number of hydrogen-bond donors (Lipinski definition) is 2. The number of amides is 4. The molecule has 6 nitrogen and oxygen atoms in total. The molecular weight excluding hydrogens is 354 g/mol. The maximum absolute atomic E-state index is 12.9. The Morgan fingerprint density at radius 2 is 1.75 bits per heavy atom. The molecule has 2 fully saturated rings. The molecule has 3 rings (SSSR count). The lowest BCUT2D eigenvalue weighted by Gasteiger charge is -2.30. The highest BCUT2D eigenvalue weighted by molar-refractivity contribution is 6.09. The fourth-order valence-electron chi connectivity index (χ4n) is 4.57. The Kier molecular flexibility index (Phi) is 6.37. The first kappa shape index (κ1) is 20.4. The number of benzene rings is 1. The lowest BCUT2D eigenvalue weighted by atomic mass is 9.82. The first-order valence-electron chi connectivity index (χ1n) is 10.5. The minimum absolute atomic E-state index is 0.131. The van der Waals surface area contributed by atoms with Crippen molar-refractivity contribution >= 4 is 17.8 Å². The summed E-state index contributed by atoms with van der Waals surface area (Å²) < 4.78 is 0. The van der Waals surface area contributed by atoms with E-state index in [1.54, 1.807) is 0 Å². The summed E-state index contributed by atoms with van der Waals surface area (Å²) in [6.07, 6.45) is 6.13. The maximum Gasteiger partial charge on any atom is 0.325 e. The van der Waals surface area contributed by atoms with Gasteiger partial charge in [-0.1, -0.05) is 76.3 Å². The number of carbonyl (C=O) groups excluding carboxylic acids is 3. The summed E-state index contributed by atoms with van der Waals surface area (Å²) in [7, 11) is 0. The van der Waals surface area contributed by atoms with Crippen LogP contribution in [0.1, 0.15) is 70.4 Å². The minimum Gasteiger partial charge on any atom is -0.347 e. The molecule has 1 atom stereocenters. The molecule has 1 aliphatic carbocycles. The zero-order valence-corrected chi connectivity index (χ0v) is 16.9. The van der Waals surface area contributed by atoms with Gasteiger partial charge >= 0.3 is 6.03 Å². The second-order valence-electron chi connectivity index (χ2n) is 8.00. The molecular formula is C22H31N3O3. The Labute approximate surface area is 167 Å². The van der Waals surface area contributed by atoms with Crippen LogP contribution in [0.25, 0.3) is 0 Å². The number of rotatable bonds is 7. The zero-order valence-electron chi connectivity index (χ0n) is 16.9. The second-order valence-corrected chi connectivity index (χ2v) is 8.00. The van der Waals surface area contributed by atoms with E-state index in [1.807, 2.05) is 30.3 Å². The quantitative estimate of drug-likeness (QED) is 0.705. The normalized spacial score (nSPS) is 19.8. The predicted molar refractivity (Wildman–Crippen MR) is 107 cm³/mol. The average Bonchev–Trinajstić information content (AvgIpc) is 2.93. The maximum atomic E-state index is 12.9. The Morgan fingerprint density at radius 3 is 2.36 bits per heavy atom. The van der Waals surface area contributed by atoms with Crippen molar-refractivity contribution in [2.75, 3.05) is 6.54 Å². The summed E-state index contributed by atoms with van der Waals surface area (Å²) in [4.78, 5) is 39.2. The van der Waals surface area contributed by atoms with E-state index in [2.05, 4.69) is 24.5 Å². The molecule has 2 aliphatic rings. The summed E-state index contributed by atoms with van der Waals surface area (Å²) >= 11 is 0. The number of nitrogens with one attached hydrogen (secondary N) is 2. The van der Waals surface area contributed by atoms with Gasteiger partial charge in [-0.05, 0) is 24.3 Å². The van der Waals surface area contributed by atoms with Crippen LogP contribution >= 0.6 is 0 Å². The van der Waals surface area contributed by atoms with E-state index in [1.165, 1.54) is 0 Å². The van der Waals surface area contributed by atoms with Gasteiger partial charge in [-0.15, -0.1) is 0 Å². The zero-order chi connectivity index (χ0) is 20.1. The molecule has 0 aromatic heterocycles. The molecule has 1 aromatic rings. The van der Waals surface area contributed by atoms with Crippen LogP contribution in [0.2, 0.25) is 0 Å². The first-order chi connectivity index (χ1) is 13.5. The van der Waals surface area contributed by atoms with Crippen molar-refractivity contribution in [2.24, 2.45) is 5.92 Å². The third-order valence-corrected chi connectivity index (χ3v) is 6.25. The van der Waals surface area contributed by atoms with Crippen molar-refractivity contribution < 1.29 is 14.4 Å². The summed E-state index contributed by atoms with van der Waals surface area (Å²) in [5.41, 5.74) is 0.259. The van der Waals surface area contributed by atoms with Crippen molar-refractivity contribution in [3.8, 4) is 0 Å². The van der Waals surface area contributed by atoms with E-state index in [0.717, 1.165) is 42.6 Å². The van der Waals surface area contributed by atoms with Crippen molar-refractivity contribution in [3.05, 3.63) is 35.9 Å². The van der Waals surface area contributed by atoms with Crippen LogP contribution in [-0.4, -0.2) is 34.8 Å². The molecule has 28 heavy (non-hydrogen) atoms. The summed E-state index contributed by atoms with van der Waals surface area (Å²) in [5, 5.41) is 5.94. The van der Waals surface area contributed by atoms with Gasteiger partial charge in [0.05, 0.1) is 6.04 Å². The van der Waals surface area contributed by atoms with Gasteiger partial charge < -0.3 is 10.6 Å². The monoisotopic (exact) mass is 385 g/mol. The smallest absolute Gasteiger partial charge is 0.325 e. The van der Waals surface area contributed by atoms with E-state index in [4.69, 9.17) is 0 Å². The largest absolute Gasteiger partial charge is 0.347 e. The van der Waals surface area contributed by atoms with Crippen LogP contribution in [0.5, 0.6) is 0 Å². The van der Waals surface area contributed by atoms with Crippen LogP contribution in [0.4, 0.5) is 4.79 Å². The molecule has 152 valence electrons. The lowest BCUT2D eigenvalue weighted by molar-refractivity contribution is -0.136. The number of carbonyl (C=O) groups is 3. The van der Waals surface area contributed by atoms with E-state index in [0.29, 0.717) is 18.8 Å². The number of hydrogen-bond acceptors (Lipinski definition) is 3.